The summed E-state index contributed by atoms with van der Waals surface area (Å²) in [4.78, 5) is 24.1. The highest BCUT2D eigenvalue weighted by atomic mass is 16.6. The number of unbranched alkanes of at least 4 members (excludes halogenated alkanes) is 2. The smallest absolute Gasteiger partial charge is 0.306 e. The van der Waals surface area contributed by atoms with E-state index in [1.165, 1.54) is 0 Å². The second-order valence-corrected chi connectivity index (χ2v) is 11.2. The molecule has 0 saturated heterocycles. The van der Waals surface area contributed by atoms with Crippen LogP contribution in [-0.4, -0.2) is 24.6 Å². The van der Waals surface area contributed by atoms with Crippen LogP contribution in [0.3, 0.4) is 0 Å². The molecule has 4 heteroatoms. The van der Waals surface area contributed by atoms with E-state index in [-0.39, 0.29) is 18.5 Å². The van der Waals surface area contributed by atoms with Crippen LogP contribution in [0.15, 0.2) is 122 Å². The van der Waals surface area contributed by atoms with Gasteiger partial charge in [-0.25, -0.2) is 0 Å². The normalized spacial score (nSPS) is 13.7. The van der Waals surface area contributed by atoms with Crippen LogP contribution in [0.2, 0.25) is 0 Å². The lowest BCUT2D eigenvalue weighted by atomic mass is 10.2. The summed E-state index contributed by atoms with van der Waals surface area (Å²) in [5, 5.41) is 0. The maximum absolute atomic E-state index is 12.1. The van der Waals surface area contributed by atoms with E-state index in [9.17, 15) is 9.59 Å². The molecule has 0 rings (SSSR count). The van der Waals surface area contributed by atoms with Gasteiger partial charge in [-0.3, -0.25) is 9.59 Å². The fourth-order valence-corrected chi connectivity index (χ4v) is 4.07. The second-order valence-electron chi connectivity index (χ2n) is 11.2. The largest absolute Gasteiger partial charge is 0.462 e. The lowest BCUT2D eigenvalue weighted by Crippen LogP contribution is -2.22. The van der Waals surface area contributed by atoms with Gasteiger partial charge in [-0.15, -0.1) is 0 Å². The lowest BCUT2D eigenvalue weighted by Gasteiger charge is -2.13. The quantitative estimate of drug-likeness (QED) is 0.0462. The molecular weight excluding hydrogens is 580 g/mol. The molecule has 0 radical (unpaired) electrons. The molecule has 0 aromatic rings. The number of carbonyl (C=O) groups is 2. The summed E-state index contributed by atoms with van der Waals surface area (Å²) in [5.74, 6) is -0.502. The van der Waals surface area contributed by atoms with Crippen molar-refractivity contribution in [1.29, 1.82) is 0 Å². The van der Waals surface area contributed by atoms with Crippen LogP contribution in [0.1, 0.15) is 124 Å². The van der Waals surface area contributed by atoms with Crippen LogP contribution in [0.4, 0.5) is 0 Å². The summed E-state index contributed by atoms with van der Waals surface area (Å²) in [5.41, 5.74) is 0. The van der Waals surface area contributed by atoms with Crippen molar-refractivity contribution < 1.29 is 19.1 Å². The molecule has 0 heterocycles. The zero-order valence-corrected chi connectivity index (χ0v) is 29.8. The molecule has 260 valence electrons. The van der Waals surface area contributed by atoms with Crippen molar-refractivity contribution in [2.24, 2.45) is 0 Å². The van der Waals surface area contributed by atoms with Crippen LogP contribution in [0, 0.1) is 0 Å². The van der Waals surface area contributed by atoms with Gasteiger partial charge in [-0.1, -0.05) is 135 Å². The first-order valence-electron chi connectivity index (χ1n) is 17.9. The van der Waals surface area contributed by atoms with Crippen LogP contribution in [-0.2, 0) is 19.1 Å². The summed E-state index contributed by atoms with van der Waals surface area (Å²) < 4.78 is 10.7. The Morgan fingerprint density at radius 3 is 1.09 bits per heavy atom. The van der Waals surface area contributed by atoms with Crippen LogP contribution in [0.5, 0.6) is 0 Å². The van der Waals surface area contributed by atoms with Crippen molar-refractivity contribution in [3.63, 3.8) is 0 Å². The van der Waals surface area contributed by atoms with E-state index >= 15 is 0 Å². The Balaban J connectivity index is 3.72. The van der Waals surface area contributed by atoms with E-state index in [1.54, 1.807) is 6.92 Å². The van der Waals surface area contributed by atoms with Crippen molar-refractivity contribution >= 4 is 11.9 Å². The average molecular weight is 645 g/mol. The first kappa shape index (κ1) is 43.3. The monoisotopic (exact) mass is 644 g/mol. The van der Waals surface area contributed by atoms with Gasteiger partial charge >= 0.3 is 11.9 Å². The van der Waals surface area contributed by atoms with Crippen molar-refractivity contribution in [3.05, 3.63) is 122 Å². The van der Waals surface area contributed by atoms with Crippen LogP contribution in [0.25, 0.3) is 0 Å². The van der Waals surface area contributed by atoms with Gasteiger partial charge in [0, 0.05) is 12.8 Å². The molecule has 0 aliphatic rings. The SMILES string of the molecule is CC/C=C\C/C=C\C/C=C\C/C=C\C/C=C\CCCC(=O)OCC(C)OC(=O)CCC/C=C\C/C=C\C/C=C\C/C=C\C/C=C\CC. The molecule has 0 aliphatic heterocycles. The highest BCUT2D eigenvalue weighted by Gasteiger charge is 2.11. The molecule has 4 nitrogen and oxygen atoms in total. The third kappa shape index (κ3) is 36.7. The van der Waals surface area contributed by atoms with E-state index in [1.807, 2.05) is 0 Å². The average Bonchev–Trinajstić information content (AvgIpc) is 3.06. The molecule has 0 amide bonds. The first-order chi connectivity index (χ1) is 23.1. The fourth-order valence-electron chi connectivity index (χ4n) is 4.07. The number of hydrogen-bond acceptors (Lipinski definition) is 4. The minimum absolute atomic E-state index is 0.0982. The summed E-state index contributed by atoms with van der Waals surface area (Å²) >= 11 is 0. The van der Waals surface area contributed by atoms with E-state index < -0.39 is 6.10 Å². The van der Waals surface area contributed by atoms with Gasteiger partial charge in [0.05, 0.1) is 0 Å². The predicted octanol–water partition coefficient (Wildman–Crippen LogP) is 12.3. The molecule has 0 saturated carbocycles. The Morgan fingerprint density at radius 2 is 0.745 bits per heavy atom. The van der Waals surface area contributed by atoms with E-state index in [2.05, 4.69) is 135 Å². The number of ether oxygens (including phenoxy) is 2. The van der Waals surface area contributed by atoms with Crippen molar-refractivity contribution in [2.45, 2.75) is 130 Å². The zero-order valence-electron chi connectivity index (χ0n) is 29.8. The Kier molecular flexibility index (Phi) is 33.9. The molecule has 1 unspecified atom stereocenters. The Bertz CT molecular complexity index is 1050. The first-order valence-corrected chi connectivity index (χ1v) is 17.9. The summed E-state index contributed by atoms with van der Waals surface area (Å²) in [6, 6.07) is 0. The van der Waals surface area contributed by atoms with Gasteiger partial charge in [-0.2, -0.15) is 0 Å². The minimum atomic E-state index is -0.439. The number of carbonyl (C=O) groups excluding carboxylic acids is 2. The van der Waals surface area contributed by atoms with E-state index in [4.69, 9.17) is 9.47 Å². The van der Waals surface area contributed by atoms with Gasteiger partial charge < -0.3 is 9.47 Å². The molecule has 0 spiro atoms. The van der Waals surface area contributed by atoms with E-state index in [0.29, 0.717) is 12.8 Å². The maximum atomic E-state index is 12.1. The van der Waals surface area contributed by atoms with Crippen molar-refractivity contribution in [3.8, 4) is 0 Å². The second kappa shape index (κ2) is 36.8. The van der Waals surface area contributed by atoms with Gasteiger partial charge in [0.15, 0.2) is 0 Å². The third-order valence-electron chi connectivity index (χ3n) is 6.63. The Labute approximate surface area is 288 Å². The summed E-state index contributed by atoms with van der Waals surface area (Å²) in [7, 11) is 0. The molecule has 1 atom stereocenters. The highest BCUT2D eigenvalue weighted by molar-refractivity contribution is 5.70. The molecule has 0 fully saturated rings. The van der Waals surface area contributed by atoms with Crippen LogP contribution < -0.4 is 0 Å². The van der Waals surface area contributed by atoms with Gasteiger partial charge in [0.25, 0.3) is 0 Å². The number of rotatable bonds is 29. The number of allylic oxidation sites excluding steroid dienone is 20. The molecule has 0 aliphatic carbocycles. The maximum Gasteiger partial charge on any atom is 0.306 e. The van der Waals surface area contributed by atoms with Gasteiger partial charge in [0.2, 0.25) is 0 Å². The van der Waals surface area contributed by atoms with E-state index in [0.717, 1.165) is 89.9 Å². The minimum Gasteiger partial charge on any atom is -0.462 e. The standard InChI is InChI=1S/C43H64O4/c1-4-6-8-10-12-14-16-18-20-22-24-26-28-30-32-34-36-38-42(44)46-40-41(3)47-43(45)39-37-35-33-31-29-27-25-23-21-19-17-15-13-11-9-7-5-2/h6-9,12-15,18-21,24-27,30-33,41H,4-5,10-11,16-17,22-23,28-29,34-40H2,1-3H3/b8-6-,9-7-,14-12-,15-13-,20-18-,21-19-,26-24-,27-25-,32-30-,33-31-. The van der Waals surface area contributed by atoms with Crippen molar-refractivity contribution in [2.75, 3.05) is 6.61 Å². The highest BCUT2D eigenvalue weighted by Crippen LogP contribution is 2.05. The molecule has 0 aromatic carbocycles. The Hall–Kier alpha value is -3.66. The summed E-state index contributed by atoms with van der Waals surface area (Å²) in [6.45, 7) is 6.15. The number of hydrogen-bond donors (Lipinski definition) is 0. The third-order valence-corrected chi connectivity index (χ3v) is 6.63. The molecule has 0 aromatic heterocycles. The molecule has 47 heavy (non-hydrogen) atoms. The van der Waals surface area contributed by atoms with Gasteiger partial charge in [-0.05, 0) is 96.8 Å². The molecular formula is C43H64O4. The number of esters is 2. The lowest BCUT2D eigenvalue weighted by molar-refractivity contribution is -0.158. The predicted molar refractivity (Wildman–Crippen MR) is 203 cm³/mol. The topological polar surface area (TPSA) is 52.6 Å². The van der Waals surface area contributed by atoms with Crippen LogP contribution >= 0.6 is 0 Å². The van der Waals surface area contributed by atoms with Gasteiger partial charge in [0.1, 0.15) is 12.7 Å². The fraction of sp³-hybridized carbons (Fsp3) is 0.488. The van der Waals surface area contributed by atoms with Crippen molar-refractivity contribution in [1.82, 2.24) is 0 Å². The Morgan fingerprint density at radius 1 is 0.447 bits per heavy atom. The molecule has 0 N–H and O–H groups in total. The zero-order chi connectivity index (χ0) is 34.3. The molecule has 0 bridgehead atoms. The summed E-state index contributed by atoms with van der Waals surface area (Å²) in [6.07, 6.45) is 56.8.